The third-order valence-corrected chi connectivity index (χ3v) is 6.71. The van der Waals surface area contributed by atoms with E-state index in [2.05, 4.69) is 65.0 Å². The van der Waals surface area contributed by atoms with Crippen LogP contribution in [0, 0.1) is 12.8 Å². The van der Waals surface area contributed by atoms with E-state index in [1.54, 1.807) is 0 Å². The molecule has 1 amide bonds. The molecule has 2 aromatic carbocycles. The summed E-state index contributed by atoms with van der Waals surface area (Å²) in [5.41, 5.74) is 4.84. The number of amides is 1. The predicted octanol–water partition coefficient (Wildman–Crippen LogP) is 3.89. The van der Waals surface area contributed by atoms with Crippen molar-refractivity contribution in [1.29, 1.82) is 0 Å². The standard InChI is InChI=1S/C27H37N5O/c1-3-28-27(30-18-23-16-26(33)31-25-7-5-4-6-24(23)25)29-17-21-12-14-32(15-13-21)19-22-10-8-20(2)9-11-22/h4-11,21,23H,3,12-19H2,1-2H3,(H,31,33)(H2,28,29,30). The summed E-state index contributed by atoms with van der Waals surface area (Å²) in [5, 5.41) is 9.83. The fraction of sp³-hybridized carbons (Fsp3) is 0.481. The number of aliphatic imine (C=N–C) groups is 1. The molecule has 6 heteroatoms. The number of anilines is 1. The summed E-state index contributed by atoms with van der Waals surface area (Å²) in [7, 11) is 0. The Morgan fingerprint density at radius 1 is 1.09 bits per heavy atom. The molecule has 1 atom stereocenters. The fourth-order valence-electron chi connectivity index (χ4n) is 4.74. The van der Waals surface area contributed by atoms with Crippen molar-refractivity contribution in [1.82, 2.24) is 15.5 Å². The molecule has 0 saturated carbocycles. The van der Waals surface area contributed by atoms with Crippen molar-refractivity contribution in [3.05, 3.63) is 65.2 Å². The van der Waals surface area contributed by atoms with Gasteiger partial charge in [0.2, 0.25) is 5.91 Å². The van der Waals surface area contributed by atoms with Gasteiger partial charge in [0, 0.05) is 44.2 Å². The number of nitrogens with zero attached hydrogens (tertiary/aromatic N) is 2. The van der Waals surface area contributed by atoms with Gasteiger partial charge in [0.15, 0.2) is 5.96 Å². The lowest BCUT2D eigenvalue weighted by molar-refractivity contribution is -0.116. The van der Waals surface area contributed by atoms with Gasteiger partial charge in [-0.15, -0.1) is 0 Å². The Bertz CT molecular complexity index is 947. The lowest BCUT2D eigenvalue weighted by Gasteiger charge is -2.31. The van der Waals surface area contributed by atoms with E-state index in [0.717, 1.165) is 44.4 Å². The number of carbonyl (C=O) groups is 1. The van der Waals surface area contributed by atoms with Gasteiger partial charge in [-0.3, -0.25) is 14.7 Å². The van der Waals surface area contributed by atoms with E-state index in [1.807, 2.05) is 18.2 Å². The molecule has 2 aromatic rings. The van der Waals surface area contributed by atoms with Gasteiger partial charge in [0.25, 0.3) is 0 Å². The van der Waals surface area contributed by atoms with Crippen LogP contribution in [0.2, 0.25) is 0 Å². The van der Waals surface area contributed by atoms with Crippen LogP contribution in [0.15, 0.2) is 53.5 Å². The van der Waals surface area contributed by atoms with Crippen molar-refractivity contribution in [3.8, 4) is 0 Å². The largest absolute Gasteiger partial charge is 0.357 e. The molecule has 176 valence electrons. The maximum atomic E-state index is 12.1. The molecule has 2 aliphatic heterocycles. The molecule has 0 aromatic heterocycles. The van der Waals surface area contributed by atoms with E-state index >= 15 is 0 Å². The number of piperidine rings is 1. The molecule has 1 unspecified atom stereocenters. The van der Waals surface area contributed by atoms with Gasteiger partial charge in [-0.1, -0.05) is 48.0 Å². The second kappa shape index (κ2) is 11.3. The topological polar surface area (TPSA) is 68.8 Å². The molecule has 3 N–H and O–H groups in total. The van der Waals surface area contributed by atoms with Crippen molar-refractivity contribution in [3.63, 3.8) is 0 Å². The SMILES string of the molecule is CCNC(=NCC1CCN(Cc2ccc(C)cc2)CC1)NCC1CC(=O)Nc2ccccc21. The number of guanidine groups is 1. The van der Waals surface area contributed by atoms with E-state index in [9.17, 15) is 4.79 Å². The average Bonchev–Trinajstić information content (AvgIpc) is 2.83. The summed E-state index contributed by atoms with van der Waals surface area (Å²) < 4.78 is 0. The highest BCUT2D eigenvalue weighted by Gasteiger charge is 2.25. The minimum absolute atomic E-state index is 0.0832. The molecule has 0 radical (unpaired) electrons. The Morgan fingerprint density at radius 3 is 2.61 bits per heavy atom. The minimum atomic E-state index is 0.0832. The molecule has 4 rings (SSSR count). The Morgan fingerprint density at radius 2 is 1.85 bits per heavy atom. The molecule has 6 nitrogen and oxygen atoms in total. The molecular weight excluding hydrogens is 410 g/mol. The molecule has 33 heavy (non-hydrogen) atoms. The number of benzene rings is 2. The molecule has 0 aliphatic carbocycles. The van der Waals surface area contributed by atoms with Crippen molar-refractivity contribution in [2.24, 2.45) is 10.9 Å². The van der Waals surface area contributed by atoms with Gasteiger partial charge in [-0.2, -0.15) is 0 Å². The number of aryl methyl sites for hydroxylation is 1. The molecule has 1 saturated heterocycles. The highest BCUT2D eigenvalue weighted by molar-refractivity contribution is 5.94. The first-order chi connectivity index (χ1) is 16.1. The van der Waals surface area contributed by atoms with Crippen molar-refractivity contribution in [2.75, 3.05) is 38.0 Å². The zero-order valence-electron chi connectivity index (χ0n) is 19.9. The maximum Gasteiger partial charge on any atom is 0.225 e. The second-order valence-electron chi connectivity index (χ2n) is 9.34. The van der Waals surface area contributed by atoms with Crippen LogP contribution in [0.4, 0.5) is 5.69 Å². The first-order valence-corrected chi connectivity index (χ1v) is 12.3. The monoisotopic (exact) mass is 447 g/mol. The summed E-state index contributed by atoms with van der Waals surface area (Å²) in [6.45, 7) is 9.89. The molecule has 0 bridgehead atoms. The van der Waals surface area contributed by atoms with Gasteiger partial charge >= 0.3 is 0 Å². The van der Waals surface area contributed by atoms with Crippen LogP contribution in [0.5, 0.6) is 0 Å². The number of hydrogen-bond donors (Lipinski definition) is 3. The van der Waals surface area contributed by atoms with Gasteiger partial charge < -0.3 is 16.0 Å². The number of likely N-dealkylation sites (tertiary alicyclic amines) is 1. The predicted molar refractivity (Wildman–Crippen MR) is 136 cm³/mol. The third-order valence-electron chi connectivity index (χ3n) is 6.71. The molecular formula is C27H37N5O. The zero-order chi connectivity index (χ0) is 23.0. The Labute approximate surface area is 197 Å². The van der Waals surface area contributed by atoms with Crippen LogP contribution in [-0.2, 0) is 11.3 Å². The number of hydrogen-bond acceptors (Lipinski definition) is 3. The fourth-order valence-corrected chi connectivity index (χ4v) is 4.74. The van der Waals surface area contributed by atoms with Crippen LogP contribution in [0.1, 0.15) is 48.8 Å². The summed E-state index contributed by atoms with van der Waals surface area (Å²) in [6.07, 6.45) is 2.87. The molecule has 0 spiro atoms. The summed E-state index contributed by atoms with van der Waals surface area (Å²) in [5.74, 6) is 1.71. The van der Waals surface area contributed by atoms with Gasteiger partial charge in [0.05, 0.1) is 0 Å². The van der Waals surface area contributed by atoms with Gasteiger partial charge in [-0.25, -0.2) is 0 Å². The Kier molecular flexibility index (Phi) is 8.00. The smallest absolute Gasteiger partial charge is 0.225 e. The van der Waals surface area contributed by atoms with Gasteiger partial charge in [0.1, 0.15) is 0 Å². The average molecular weight is 448 g/mol. The van der Waals surface area contributed by atoms with Crippen LogP contribution in [-0.4, -0.2) is 49.5 Å². The van der Waals surface area contributed by atoms with Crippen LogP contribution < -0.4 is 16.0 Å². The zero-order valence-corrected chi connectivity index (χ0v) is 19.9. The maximum absolute atomic E-state index is 12.1. The lowest BCUT2D eigenvalue weighted by Crippen LogP contribution is -2.41. The Hall–Kier alpha value is -2.86. The summed E-state index contributed by atoms with van der Waals surface area (Å²) >= 11 is 0. The highest BCUT2D eigenvalue weighted by atomic mass is 16.1. The van der Waals surface area contributed by atoms with E-state index < -0.39 is 0 Å². The van der Waals surface area contributed by atoms with Crippen molar-refractivity contribution >= 4 is 17.6 Å². The number of fused-ring (bicyclic) bond motifs is 1. The molecule has 1 fully saturated rings. The Balaban J connectivity index is 1.26. The first kappa shape index (κ1) is 23.3. The first-order valence-electron chi connectivity index (χ1n) is 12.3. The third kappa shape index (κ3) is 6.57. The van der Waals surface area contributed by atoms with E-state index in [4.69, 9.17) is 4.99 Å². The minimum Gasteiger partial charge on any atom is -0.357 e. The number of nitrogens with one attached hydrogen (secondary N) is 3. The van der Waals surface area contributed by atoms with E-state index in [1.165, 1.54) is 29.5 Å². The number of rotatable bonds is 7. The van der Waals surface area contributed by atoms with Crippen molar-refractivity contribution in [2.45, 2.75) is 45.6 Å². The highest BCUT2D eigenvalue weighted by Crippen LogP contribution is 2.31. The van der Waals surface area contributed by atoms with E-state index in [0.29, 0.717) is 18.9 Å². The summed E-state index contributed by atoms with van der Waals surface area (Å²) in [4.78, 5) is 19.6. The van der Waals surface area contributed by atoms with Gasteiger partial charge in [-0.05, 0) is 62.9 Å². The lowest BCUT2D eigenvalue weighted by atomic mass is 9.90. The van der Waals surface area contributed by atoms with Crippen LogP contribution in [0.3, 0.4) is 0 Å². The van der Waals surface area contributed by atoms with E-state index in [-0.39, 0.29) is 11.8 Å². The summed E-state index contributed by atoms with van der Waals surface area (Å²) in [6, 6.07) is 17.0. The quantitative estimate of drug-likeness (QED) is 0.445. The van der Waals surface area contributed by atoms with Crippen LogP contribution >= 0.6 is 0 Å². The molecule has 2 aliphatic rings. The normalized spacial score (nSPS) is 19.6. The van der Waals surface area contributed by atoms with Crippen molar-refractivity contribution < 1.29 is 4.79 Å². The molecule has 2 heterocycles. The second-order valence-corrected chi connectivity index (χ2v) is 9.34. The van der Waals surface area contributed by atoms with Crippen LogP contribution in [0.25, 0.3) is 0 Å². The number of para-hydroxylation sites is 1. The number of carbonyl (C=O) groups excluding carboxylic acids is 1.